The molecule has 134 valence electrons. The summed E-state index contributed by atoms with van der Waals surface area (Å²) in [6, 6.07) is 7.33. The van der Waals surface area contributed by atoms with Crippen LogP contribution in [0.3, 0.4) is 0 Å². The lowest BCUT2D eigenvalue weighted by Gasteiger charge is -2.05. The third kappa shape index (κ3) is 6.47. The molecule has 2 rings (SSSR count). The maximum absolute atomic E-state index is 12.0. The molecule has 1 heterocycles. The number of nitrogens with zero attached hydrogens (tertiary/aromatic N) is 2. The van der Waals surface area contributed by atoms with Gasteiger partial charge in [0.1, 0.15) is 0 Å². The zero-order valence-corrected chi connectivity index (χ0v) is 16.2. The van der Waals surface area contributed by atoms with Crippen LogP contribution in [0.5, 0.6) is 0 Å². The number of thioether (sulfide) groups is 1. The molecule has 0 aliphatic rings. The predicted octanol–water partition coefficient (Wildman–Crippen LogP) is 3.50. The number of hydrogen-bond donors (Lipinski definition) is 2. The third-order valence-electron chi connectivity index (χ3n) is 3.45. The number of aromatic nitrogens is 2. The molecule has 0 fully saturated rings. The van der Waals surface area contributed by atoms with Crippen LogP contribution >= 0.6 is 23.1 Å². The van der Waals surface area contributed by atoms with E-state index in [1.807, 2.05) is 25.1 Å². The number of anilines is 1. The summed E-state index contributed by atoms with van der Waals surface area (Å²) in [5.41, 5.74) is 1.61. The summed E-state index contributed by atoms with van der Waals surface area (Å²) in [4.78, 5) is 23.9. The molecule has 6 nitrogen and oxygen atoms in total. The summed E-state index contributed by atoms with van der Waals surface area (Å²) in [6.45, 7) is 6.44. The van der Waals surface area contributed by atoms with Crippen molar-refractivity contribution in [3.8, 4) is 0 Å². The van der Waals surface area contributed by atoms with E-state index >= 15 is 0 Å². The van der Waals surface area contributed by atoms with Crippen LogP contribution in [0.15, 0.2) is 28.6 Å². The van der Waals surface area contributed by atoms with E-state index in [1.54, 1.807) is 17.8 Å². The van der Waals surface area contributed by atoms with Crippen molar-refractivity contribution in [3.63, 3.8) is 0 Å². The van der Waals surface area contributed by atoms with E-state index in [9.17, 15) is 9.59 Å². The molecule has 8 heteroatoms. The lowest BCUT2D eigenvalue weighted by Crippen LogP contribution is -2.27. The molecular weight excluding hydrogens is 356 g/mol. The van der Waals surface area contributed by atoms with Crippen molar-refractivity contribution in [2.24, 2.45) is 0 Å². The van der Waals surface area contributed by atoms with Crippen LogP contribution in [0.1, 0.15) is 42.6 Å². The van der Waals surface area contributed by atoms with Crippen LogP contribution in [0, 0.1) is 6.92 Å². The molecule has 1 aromatic carbocycles. The molecule has 1 aromatic heterocycles. The molecule has 1 unspecified atom stereocenters. The van der Waals surface area contributed by atoms with Gasteiger partial charge < -0.3 is 10.6 Å². The van der Waals surface area contributed by atoms with Gasteiger partial charge in [-0.25, -0.2) is 0 Å². The van der Waals surface area contributed by atoms with Crippen molar-refractivity contribution in [3.05, 3.63) is 35.4 Å². The minimum absolute atomic E-state index is 0.181. The Kier molecular flexibility index (Phi) is 7.39. The van der Waals surface area contributed by atoms with Crippen molar-refractivity contribution in [1.29, 1.82) is 0 Å². The number of carbonyl (C=O) groups excluding carboxylic acids is 2. The summed E-state index contributed by atoms with van der Waals surface area (Å²) < 4.78 is 0.845. The lowest BCUT2D eigenvalue weighted by atomic mass is 10.1. The van der Waals surface area contributed by atoms with Crippen LogP contribution in [-0.2, 0) is 4.79 Å². The highest BCUT2D eigenvalue weighted by Crippen LogP contribution is 2.29. The van der Waals surface area contributed by atoms with Gasteiger partial charge in [0.15, 0.2) is 4.34 Å². The predicted molar refractivity (Wildman–Crippen MR) is 102 cm³/mol. The van der Waals surface area contributed by atoms with Gasteiger partial charge in [-0.1, -0.05) is 54.6 Å². The maximum atomic E-state index is 12.0. The van der Waals surface area contributed by atoms with Crippen LogP contribution in [0.25, 0.3) is 0 Å². The average Bonchev–Trinajstić information content (AvgIpc) is 3.01. The lowest BCUT2D eigenvalue weighted by molar-refractivity contribution is -0.116. The van der Waals surface area contributed by atoms with Gasteiger partial charge in [-0.05, 0) is 25.5 Å². The first kappa shape index (κ1) is 19.4. The minimum atomic E-state index is -0.194. The summed E-state index contributed by atoms with van der Waals surface area (Å²) in [5, 5.41) is 14.4. The van der Waals surface area contributed by atoms with E-state index in [2.05, 4.69) is 34.7 Å². The third-order valence-corrected chi connectivity index (χ3v) is 5.64. The zero-order valence-electron chi connectivity index (χ0n) is 14.5. The smallest absolute Gasteiger partial charge is 0.251 e. The molecule has 0 aliphatic heterocycles. The Balaban J connectivity index is 1.74. The standard InChI is InChI=1S/C17H22N4O2S2/c1-4-12(3)24-17-21-20-16(25-17)19-14(22)8-9-18-15(23)13-7-5-6-11(2)10-13/h5-7,10,12H,4,8-9H2,1-3H3,(H,18,23)(H,19,20,22). The highest BCUT2D eigenvalue weighted by molar-refractivity contribution is 8.01. The van der Waals surface area contributed by atoms with Gasteiger partial charge in [-0.2, -0.15) is 0 Å². The molecule has 0 saturated carbocycles. The molecule has 0 spiro atoms. The highest BCUT2D eigenvalue weighted by Gasteiger charge is 2.11. The van der Waals surface area contributed by atoms with Gasteiger partial charge in [0.25, 0.3) is 5.91 Å². The Bertz CT molecular complexity index is 733. The number of benzene rings is 1. The monoisotopic (exact) mass is 378 g/mol. The van der Waals surface area contributed by atoms with Gasteiger partial charge in [-0.3, -0.25) is 9.59 Å². The van der Waals surface area contributed by atoms with Crippen LogP contribution in [0.2, 0.25) is 0 Å². The number of rotatable bonds is 8. The van der Waals surface area contributed by atoms with Crippen molar-refractivity contribution in [2.75, 3.05) is 11.9 Å². The van der Waals surface area contributed by atoms with E-state index in [-0.39, 0.29) is 24.8 Å². The molecule has 2 N–H and O–H groups in total. The molecular formula is C17H22N4O2S2. The number of nitrogens with one attached hydrogen (secondary N) is 2. The summed E-state index contributed by atoms with van der Waals surface area (Å²) in [6.07, 6.45) is 1.23. The molecule has 25 heavy (non-hydrogen) atoms. The molecule has 0 bridgehead atoms. The normalized spacial score (nSPS) is 11.8. The molecule has 1 atom stereocenters. The van der Waals surface area contributed by atoms with Crippen molar-refractivity contribution in [2.45, 2.75) is 43.2 Å². The van der Waals surface area contributed by atoms with E-state index in [0.717, 1.165) is 16.3 Å². The Morgan fingerprint density at radius 1 is 1.32 bits per heavy atom. The fourth-order valence-corrected chi connectivity index (χ4v) is 3.94. The summed E-state index contributed by atoms with van der Waals surface area (Å²) in [7, 11) is 0. The molecule has 0 radical (unpaired) electrons. The first-order valence-corrected chi connectivity index (χ1v) is 9.82. The number of aryl methyl sites for hydroxylation is 1. The van der Waals surface area contributed by atoms with Crippen molar-refractivity contribution >= 4 is 40.0 Å². The van der Waals surface area contributed by atoms with E-state index in [4.69, 9.17) is 0 Å². The van der Waals surface area contributed by atoms with Gasteiger partial charge >= 0.3 is 0 Å². The van der Waals surface area contributed by atoms with Crippen LogP contribution in [0.4, 0.5) is 5.13 Å². The number of carbonyl (C=O) groups is 2. The second kappa shape index (κ2) is 9.53. The van der Waals surface area contributed by atoms with Crippen molar-refractivity contribution in [1.82, 2.24) is 15.5 Å². The Labute approximate surface area is 155 Å². The Morgan fingerprint density at radius 2 is 2.12 bits per heavy atom. The first-order valence-electron chi connectivity index (χ1n) is 8.12. The Hall–Kier alpha value is -1.93. The van der Waals surface area contributed by atoms with E-state index < -0.39 is 0 Å². The quantitative estimate of drug-likeness (QED) is 0.542. The summed E-state index contributed by atoms with van der Waals surface area (Å²) >= 11 is 3.01. The number of hydrogen-bond acceptors (Lipinski definition) is 6. The van der Waals surface area contributed by atoms with E-state index in [0.29, 0.717) is 15.9 Å². The highest BCUT2D eigenvalue weighted by atomic mass is 32.2. The topological polar surface area (TPSA) is 84.0 Å². The molecule has 2 aromatic rings. The van der Waals surface area contributed by atoms with E-state index in [1.165, 1.54) is 11.3 Å². The first-order chi connectivity index (χ1) is 12.0. The van der Waals surface area contributed by atoms with Gasteiger partial charge in [-0.15, -0.1) is 10.2 Å². The van der Waals surface area contributed by atoms with Crippen LogP contribution < -0.4 is 10.6 Å². The summed E-state index contributed by atoms with van der Waals surface area (Å²) in [5.74, 6) is -0.375. The largest absolute Gasteiger partial charge is 0.352 e. The molecule has 2 amide bonds. The van der Waals surface area contributed by atoms with Gasteiger partial charge in [0.05, 0.1) is 0 Å². The SMILES string of the molecule is CCC(C)Sc1nnc(NC(=O)CCNC(=O)c2cccc(C)c2)s1. The fourth-order valence-electron chi connectivity index (χ4n) is 1.92. The second-order valence-corrected chi connectivity index (χ2v) is 8.30. The van der Waals surface area contributed by atoms with Crippen molar-refractivity contribution < 1.29 is 9.59 Å². The second-order valence-electron chi connectivity index (χ2n) is 5.63. The van der Waals surface area contributed by atoms with Gasteiger partial charge in [0, 0.05) is 23.8 Å². The van der Waals surface area contributed by atoms with Crippen LogP contribution in [-0.4, -0.2) is 33.8 Å². The molecule has 0 saturated heterocycles. The number of amides is 2. The zero-order chi connectivity index (χ0) is 18.2. The minimum Gasteiger partial charge on any atom is -0.352 e. The molecule has 0 aliphatic carbocycles. The average molecular weight is 379 g/mol. The van der Waals surface area contributed by atoms with Gasteiger partial charge in [0.2, 0.25) is 11.0 Å². The fraction of sp³-hybridized carbons (Fsp3) is 0.412. The maximum Gasteiger partial charge on any atom is 0.251 e. The Morgan fingerprint density at radius 3 is 2.84 bits per heavy atom.